The average molecular weight is 217 g/mol. The Bertz CT molecular complexity index is 370. The molecule has 0 fully saturated rings. The van der Waals surface area contributed by atoms with Crippen LogP contribution >= 0.6 is 0 Å². The molecular formula is C15H23N. The molecule has 1 heteroatoms. The van der Waals surface area contributed by atoms with E-state index in [4.69, 9.17) is 5.73 Å². The Labute approximate surface area is 99.0 Å². The molecule has 0 radical (unpaired) electrons. The molecular weight excluding hydrogens is 194 g/mol. The second kappa shape index (κ2) is 4.58. The van der Waals surface area contributed by atoms with Crippen molar-refractivity contribution in [3.63, 3.8) is 0 Å². The normalized spacial score (nSPS) is 26.2. The van der Waals surface area contributed by atoms with E-state index in [0.29, 0.717) is 11.8 Å². The first-order valence-corrected chi connectivity index (χ1v) is 6.52. The van der Waals surface area contributed by atoms with Gasteiger partial charge in [-0.15, -0.1) is 0 Å². The molecule has 0 aromatic heterocycles. The third-order valence-electron chi connectivity index (χ3n) is 4.13. The molecule has 1 aliphatic carbocycles. The van der Waals surface area contributed by atoms with Crippen LogP contribution in [0.25, 0.3) is 0 Å². The Morgan fingerprint density at radius 3 is 2.75 bits per heavy atom. The second-order valence-corrected chi connectivity index (χ2v) is 5.28. The Balaban J connectivity index is 2.40. The maximum atomic E-state index is 6.22. The maximum Gasteiger partial charge on any atom is 0.0297 e. The number of hydrogen-bond acceptors (Lipinski definition) is 1. The van der Waals surface area contributed by atoms with Gasteiger partial charge in [0, 0.05) is 6.04 Å². The molecule has 0 aliphatic heterocycles. The number of benzene rings is 1. The first-order chi connectivity index (χ1) is 7.63. The molecule has 2 N–H and O–H groups in total. The zero-order chi connectivity index (χ0) is 11.7. The summed E-state index contributed by atoms with van der Waals surface area (Å²) in [5.74, 6) is 1.33. The van der Waals surface area contributed by atoms with Crippen molar-refractivity contribution in [2.75, 3.05) is 0 Å². The minimum atomic E-state index is 0.259. The van der Waals surface area contributed by atoms with Gasteiger partial charge < -0.3 is 5.73 Å². The molecule has 16 heavy (non-hydrogen) atoms. The van der Waals surface area contributed by atoms with Crippen LogP contribution in [0.4, 0.5) is 0 Å². The quantitative estimate of drug-likeness (QED) is 0.793. The van der Waals surface area contributed by atoms with Gasteiger partial charge in [0.15, 0.2) is 0 Å². The van der Waals surface area contributed by atoms with Crippen LogP contribution in [0.1, 0.15) is 74.6 Å². The van der Waals surface area contributed by atoms with Crippen LogP contribution in [-0.2, 0) is 0 Å². The van der Waals surface area contributed by atoms with Gasteiger partial charge >= 0.3 is 0 Å². The van der Waals surface area contributed by atoms with Gasteiger partial charge in [0.05, 0.1) is 0 Å². The van der Waals surface area contributed by atoms with E-state index >= 15 is 0 Å². The fourth-order valence-electron chi connectivity index (χ4n) is 2.65. The largest absolute Gasteiger partial charge is 0.324 e. The minimum absolute atomic E-state index is 0.259. The molecule has 2 rings (SSSR count). The zero-order valence-electron chi connectivity index (χ0n) is 10.7. The summed E-state index contributed by atoms with van der Waals surface area (Å²) in [6, 6.07) is 7.21. The molecule has 1 nitrogen and oxygen atoms in total. The van der Waals surface area contributed by atoms with Gasteiger partial charge in [-0.2, -0.15) is 0 Å². The van der Waals surface area contributed by atoms with Crippen LogP contribution in [0.3, 0.4) is 0 Å². The standard InChI is InChI=1S/C15H23N/c1-4-10(2)12-6-7-13-11(3)5-8-15(16)14(13)9-12/h6-7,9-11,15H,4-5,8,16H2,1-3H3/t10?,11?,15-/m0/s1. The van der Waals surface area contributed by atoms with Crippen LogP contribution in [0, 0.1) is 0 Å². The highest BCUT2D eigenvalue weighted by molar-refractivity contribution is 5.39. The Hall–Kier alpha value is -0.820. The predicted molar refractivity (Wildman–Crippen MR) is 69.7 cm³/mol. The van der Waals surface area contributed by atoms with Gasteiger partial charge in [-0.25, -0.2) is 0 Å². The predicted octanol–water partition coefficient (Wildman–Crippen LogP) is 4.10. The highest BCUT2D eigenvalue weighted by Crippen LogP contribution is 2.37. The summed E-state index contributed by atoms with van der Waals surface area (Å²) in [6.07, 6.45) is 3.57. The Morgan fingerprint density at radius 2 is 2.06 bits per heavy atom. The lowest BCUT2D eigenvalue weighted by Gasteiger charge is -2.28. The van der Waals surface area contributed by atoms with Gasteiger partial charge in [0.1, 0.15) is 0 Å². The lowest BCUT2D eigenvalue weighted by atomic mass is 9.79. The molecule has 0 bridgehead atoms. The summed E-state index contributed by atoms with van der Waals surface area (Å²) in [5, 5.41) is 0. The van der Waals surface area contributed by atoms with Gasteiger partial charge in [0.2, 0.25) is 0 Å². The van der Waals surface area contributed by atoms with Crippen molar-refractivity contribution >= 4 is 0 Å². The second-order valence-electron chi connectivity index (χ2n) is 5.28. The summed E-state index contributed by atoms with van der Waals surface area (Å²) in [7, 11) is 0. The van der Waals surface area contributed by atoms with E-state index in [1.165, 1.54) is 29.5 Å². The van der Waals surface area contributed by atoms with E-state index in [0.717, 1.165) is 6.42 Å². The van der Waals surface area contributed by atoms with Crippen LogP contribution in [0.15, 0.2) is 18.2 Å². The molecule has 0 amide bonds. The smallest absolute Gasteiger partial charge is 0.0297 e. The van der Waals surface area contributed by atoms with E-state index in [9.17, 15) is 0 Å². The van der Waals surface area contributed by atoms with Crippen molar-refractivity contribution in [3.05, 3.63) is 34.9 Å². The average Bonchev–Trinajstić information content (AvgIpc) is 2.32. The van der Waals surface area contributed by atoms with Crippen LogP contribution < -0.4 is 5.73 Å². The summed E-state index contributed by atoms with van der Waals surface area (Å²) >= 11 is 0. The third kappa shape index (κ3) is 2.01. The molecule has 3 atom stereocenters. The third-order valence-corrected chi connectivity index (χ3v) is 4.13. The van der Waals surface area contributed by atoms with E-state index in [-0.39, 0.29) is 6.04 Å². The maximum absolute atomic E-state index is 6.22. The summed E-state index contributed by atoms with van der Waals surface area (Å²) in [5.41, 5.74) is 10.5. The van der Waals surface area contributed by atoms with Gasteiger partial charge in [-0.3, -0.25) is 0 Å². The number of hydrogen-bond donors (Lipinski definition) is 1. The van der Waals surface area contributed by atoms with Crippen LogP contribution in [0.5, 0.6) is 0 Å². The lowest BCUT2D eigenvalue weighted by molar-refractivity contribution is 0.512. The van der Waals surface area contributed by atoms with Crippen LogP contribution in [0.2, 0.25) is 0 Å². The Kier molecular flexibility index (Phi) is 3.34. The van der Waals surface area contributed by atoms with E-state index < -0.39 is 0 Å². The summed E-state index contributed by atoms with van der Waals surface area (Å²) in [4.78, 5) is 0. The molecule has 0 saturated heterocycles. The molecule has 1 aromatic rings. The van der Waals surface area contributed by atoms with E-state index in [1.54, 1.807) is 0 Å². The monoisotopic (exact) mass is 217 g/mol. The lowest BCUT2D eigenvalue weighted by Crippen LogP contribution is -2.19. The van der Waals surface area contributed by atoms with Gasteiger partial charge in [-0.1, -0.05) is 39.0 Å². The molecule has 0 heterocycles. The number of rotatable bonds is 2. The van der Waals surface area contributed by atoms with E-state index in [2.05, 4.69) is 39.0 Å². The number of fused-ring (bicyclic) bond motifs is 1. The topological polar surface area (TPSA) is 26.0 Å². The van der Waals surface area contributed by atoms with Gasteiger partial charge in [0.25, 0.3) is 0 Å². The fraction of sp³-hybridized carbons (Fsp3) is 0.600. The highest BCUT2D eigenvalue weighted by atomic mass is 14.6. The molecule has 1 aromatic carbocycles. The van der Waals surface area contributed by atoms with Gasteiger partial charge in [-0.05, 0) is 47.8 Å². The highest BCUT2D eigenvalue weighted by Gasteiger charge is 2.22. The molecule has 2 unspecified atom stereocenters. The van der Waals surface area contributed by atoms with Crippen molar-refractivity contribution in [1.82, 2.24) is 0 Å². The number of nitrogens with two attached hydrogens (primary N) is 1. The van der Waals surface area contributed by atoms with Crippen molar-refractivity contribution < 1.29 is 0 Å². The first kappa shape index (κ1) is 11.7. The van der Waals surface area contributed by atoms with E-state index in [1.807, 2.05) is 0 Å². The molecule has 0 saturated carbocycles. The molecule has 88 valence electrons. The summed E-state index contributed by atoms with van der Waals surface area (Å²) < 4.78 is 0. The van der Waals surface area contributed by atoms with Crippen molar-refractivity contribution in [3.8, 4) is 0 Å². The molecule has 1 aliphatic rings. The fourth-order valence-corrected chi connectivity index (χ4v) is 2.65. The first-order valence-electron chi connectivity index (χ1n) is 6.52. The Morgan fingerprint density at radius 1 is 1.31 bits per heavy atom. The minimum Gasteiger partial charge on any atom is -0.324 e. The summed E-state index contributed by atoms with van der Waals surface area (Å²) in [6.45, 7) is 6.85. The van der Waals surface area contributed by atoms with Crippen LogP contribution in [-0.4, -0.2) is 0 Å². The van der Waals surface area contributed by atoms with Crippen molar-refractivity contribution in [1.29, 1.82) is 0 Å². The van der Waals surface area contributed by atoms with Crippen molar-refractivity contribution in [2.45, 2.75) is 57.9 Å². The SMILES string of the molecule is CCC(C)c1ccc2c(c1)[C@@H](N)CCC2C. The zero-order valence-corrected chi connectivity index (χ0v) is 10.7. The van der Waals surface area contributed by atoms with Crippen molar-refractivity contribution in [2.24, 2.45) is 5.73 Å². The molecule has 0 spiro atoms.